The second kappa shape index (κ2) is 12.7. The summed E-state index contributed by atoms with van der Waals surface area (Å²) < 4.78 is 2.26. The van der Waals surface area contributed by atoms with Crippen LogP contribution in [0.15, 0.2) is 187 Å². The lowest BCUT2D eigenvalue weighted by molar-refractivity contribution is 1.25. The number of nitrogens with zero attached hydrogens (tertiary/aromatic N) is 3. The number of aromatic nitrogens is 2. The maximum Gasteiger partial charge on any atom is 0.145 e. The minimum atomic E-state index is 0.825. The number of hydrogen-bond acceptors (Lipinski definition) is 2. The van der Waals surface area contributed by atoms with E-state index in [1.807, 2.05) is 0 Å². The van der Waals surface area contributed by atoms with Crippen LogP contribution in [0.1, 0.15) is 29.2 Å². The first kappa shape index (κ1) is 30.9. The van der Waals surface area contributed by atoms with Gasteiger partial charge in [0.1, 0.15) is 5.65 Å². The van der Waals surface area contributed by atoms with Crippen LogP contribution >= 0.6 is 0 Å². The third kappa shape index (κ3) is 5.37. The highest BCUT2D eigenvalue weighted by atomic mass is 15.0. The van der Waals surface area contributed by atoms with Gasteiger partial charge in [-0.3, -0.25) is 9.39 Å². The third-order valence-corrected chi connectivity index (χ3v) is 10.6. The molecule has 250 valence electrons. The largest absolute Gasteiger partial charge is 0.298 e. The van der Waals surface area contributed by atoms with Crippen molar-refractivity contribution in [3.8, 4) is 33.4 Å². The predicted molar refractivity (Wildman–Crippen MR) is 222 cm³/mol. The van der Waals surface area contributed by atoms with Gasteiger partial charge in [0.2, 0.25) is 0 Å². The van der Waals surface area contributed by atoms with Gasteiger partial charge in [0, 0.05) is 29.1 Å². The topological polar surface area (TPSA) is 29.7 Å². The van der Waals surface area contributed by atoms with Crippen LogP contribution in [0.5, 0.6) is 0 Å². The monoisotopic (exact) mass is 677 g/mol. The Morgan fingerprint density at radius 3 is 1.98 bits per heavy atom. The molecule has 7 aromatic carbocycles. The summed E-state index contributed by atoms with van der Waals surface area (Å²) in [5.41, 5.74) is 18.4. The van der Waals surface area contributed by atoms with E-state index in [0.717, 1.165) is 45.5 Å². The molecule has 1 aliphatic rings. The normalized spacial score (nSPS) is 12.8. The van der Waals surface area contributed by atoms with Crippen LogP contribution in [0, 0.1) is 0 Å². The van der Waals surface area contributed by atoms with Crippen molar-refractivity contribution in [3.63, 3.8) is 0 Å². The van der Waals surface area contributed by atoms with Gasteiger partial charge in [-0.25, -0.2) is 4.98 Å². The number of fused-ring (bicyclic) bond motifs is 6. The Morgan fingerprint density at radius 2 is 1.21 bits per heavy atom. The first-order chi connectivity index (χ1) is 26.2. The predicted octanol–water partition coefficient (Wildman–Crippen LogP) is 12.8. The van der Waals surface area contributed by atoms with Crippen molar-refractivity contribution in [2.45, 2.75) is 13.3 Å². The Bertz CT molecular complexity index is 2900. The van der Waals surface area contributed by atoms with Gasteiger partial charge in [-0.15, -0.1) is 0 Å². The van der Waals surface area contributed by atoms with E-state index in [9.17, 15) is 0 Å². The maximum absolute atomic E-state index is 5.22. The molecule has 3 heteroatoms. The highest BCUT2D eigenvalue weighted by Crippen LogP contribution is 2.38. The van der Waals surface area contributed by atoms with Crippen molar-refractivity contribution in [3.05, 3.63) is 204 Å². The number of aliphatic imine (C=N–C) groups is 1. The molecule has 0 radical (unpaired) electrons. The highest BCUT2D eigenvalue weighted by Gasteiger charge is 2.21. The summed E-state index contributed by atoms with van der Waals surface area (Å²) in [5, 5.41) is 2.36. The first-order valence-corrected chi connectivity index (χ1v) is 18.2. The van der Waals surface area contributed by atoms with E-state index < -0.39 is 0 Å². The SMILES string of the molecule is C/C=C(/c1ccccc1)c1ccccc1C1=Nc2cc(-c3ccc(-c4ccc5nc6c7ccccc7c(-c7ccccc7)cn6c5c4)cc3)ccc2C1. The average molecular weight is 678 g/mol. The van der Waals surface area contributed by atoms with Crippen molar-refractivity contribution >= 4 is 44.4 Å². The average Bonchev–Trinajstić information content (AvgIpc) is 3.83. The van der Waals surface area contributed by atoms with Crippen molar-refractivity contribution in [1.82, 2.24) is 9.38 Å². The second-order valence-corrected chi connectivity index (χ2v) is 13.7. The molecule has 0 fully saturated rings. The van der Waals surface area contributed by atoms with Crippen molar-refractivity contribution in [2.75, 3.05) is 0 Å². The van der Waals surface area contributed by atoms with Crippen LogP contribution in [0.3, 0.4) is 0 Å². The molecule has 0 saturated heterocycles. The molecule has 0 N–H and O–H groups in total. The van der Waals surface area contributed by atoms with Crippen LogP contribution in [0.25, 0.3) is 66.4 Å². The molecular weight excluding hydrogens is 643 g/mol. The molecule has 0 atom stereocenters. The summed E-state index contributed by atoms with van der Waals surface area (Å²) in [6.45, 7) is 2.11. The number of benzene rings is 7. The molecule has 53 heavy (non-hydrogen) atoms. The second-order valence-electron chi connectivity index (χ2n) is 13.7. The molecule has 0 bridgehead atoms. The van der Waals surface area contributed by atoms with Crippen LogP contribution in [0.2, 0.25) is 0 Å². The summed E-state index contributed by atoms with van der Waals surface area (Å²) in [4.78, 5) is 10.3. The molecule has 1 aliphatic heterocycles. The molecular formula is C50H35N3. The van der Waals surface area contributed by atoms with Gasteiger partial charge < -0.3 is 0 Å². The number of rotatable bonds is 6. The van der Waals surface area contributed by atoms with Crippen LogP contribution < -0.4 is 0 Å². The minimum Gasteiger partial charge on any atom is -0.298 e. The van der Waals surface area contributed by atoms with Crippen LogP contribution in [-0.2, 0) is 6.42 Å². The Balaban J connectivity index is 0.975. The maximum atomic E-state index is 5.22. The van der Waals surface area contributed by atoms with Crippen molar-refractivity contribution in [1.29, 1.82) is 0 Å². The molecule has 3 nitrogen and oxygen atoms in total. The van der Waals surface area contributed by atoms with Crippen LogP contribution in [-0.4, -0.2) is 15.1 Å². The fourth-order valence-corrected chi connectivity index (χ4v) is 7.99. The lowest BCUT2D eigenvalue weighted by Gasteiger charge is -2.13. The molecule has 9 aromatic rings. The van der Waals surface area contributed by atoms with Gasteiger partial charge in [-0.1, -0.05) is 158 Å². The summed E-state index contributed by atoms with van der Waals surface area (Å²) in [7, 11) is 0. The Hall–Kier alpha value is -6.84. The molecule has 10 rings (SSSR count). The Kier molecular flexibility index (Phi) is 7.43. The number of imidazole rings is 1. The zero-order valence-corrected chi connectivity index (χ0v) is 29.4. The minimum absolute atomic E-state index is 0.825. The van der Waals surface area contributed by atoms with Crippen LogP contribution in [0.4, 0.5) is 5.69 Å². The molecule has 0 amide bonds. The van der Waals surface area contributed by atoms with E-state index in [2.05, 4.69) is 193 Å². The fourth-order valence-electron chi connectivity index (χ4n) is 7.99. The zero-order valence-electron chi connectivity index (χ0n) is 29.4. The standard InChI is InChI=1S/C50H35N3/c1-2-40(35-13-5-3-6-14-35)41-17-9-11-19-43(41)48-30-39-26-25-37(29-47(39)51-48)33-21-23-34(24-22-33)38-27-28-46-49(31-38)53-32-45(36-15-7-4-8-16-36)42-18-10-12-20-44(42)50(53)52-46/h2-29,31-32H,30H2,1H3/b40-2-. The van der Waals surface area contributed by atoms with E-state index in [-0.39, 0.29) is 0 Å². The number of pyridine rings is 1. The van der Waals surface area contributed by atoms with E-state index in [1.165, 1.54) is 61.0 Å². The lowest BCUT2D eigenvalue weighted by atomic mass is 9.90. The van der Waals surface area contributed by atoms with Gasteiger partial charge in [0.05, 0.1) is 22.4 Å². The molecule has 0 spiro atoms. The van der Waals surface area contributed by atoms with E-state index in [4.69, 9.17) is 9.98 Å². The van der Waals surface area contributed by atoms with E-state index in [1.54, 1.807) is 0 Å². The third-order valence-electron chi connectivity index (χ3n) is 10.6. The van der Waals surface area contributed by atoms with Gasteiger partial charge in [0.25, 0.3) is 0 Å². The molecule has 0 aliphatic carbocycles. The van der Waals surface area contributed by atoms with Crippen molar-refractivity contribution in [2.24, 2.45) is 4.99 Å². The number of hydrogen-bond donors (Lipinski definition) is 0. The smallest absolute Gasteiger partial charge is 0.145 e. The highest BCUT2D eigenvalue weighted by molar-refractivity contribution is 6.10. The molecule has 0 unspecified atom stereocenters. The van der Waals surface area contributed by atoms with Crippen molar-refractivity contribution < 1.29 is 0 Å². The zero-order chi connectivity index (χ0) is 35.3. The summed E-state index contributed by atoms with van der Waals surface area (Å²) >= 11 is 0. The quantitative estimate of drug-likeness (QED) is 0.172. The van der Waals surface area contributed by atoms with Gasteiger partial charge in [-0.05, 0) is 80.6 Å². The summed E-state index contributed by atoms with van der Waals surface area (Å²) in [6.07, 6.45) is 5.28. The fraction of sp³-hybridized carbons (Fsp3) is 0.0400. The Labute approximate surface area is 308 Å². The number of allylic oxidation sites excluding steroid dienone is 1. The molecule has 0 saturated carbocycles. The van der Waals surface area contributed by atoms with E-state index in [0.29, 0.717) is 0 Å². The summed E-state index contributed by atoms with van der Waals surface area (Å²) in [5.74, 6) is 0. The van der Waals surface area contributed by atoms with Gasteiger partial charge in [0.15, 0.2) is 0 Å². The lowest BCUT2D eigenvalue weighted by Crippen LogP contribution is -2.05. The first-order valence-electron chi connectivity index (χ1n) is 18.2. The summed E-state index contributed by atoms with van der Waals surface area (Å²) in [6, 6.07) is 60.7. The molecule has 3 heterocycles. The van der Waals surface area contributed by atoms with E-state index >= 15 is 0 Å². The molecule has 2 aromatic heterocycles. The van der Waals surface area contributed by atoms with Gasteiger partial charge >= 0.3 is 0 Å². The Morgan fingerprint density at radius 1 is 0.566 bits per heavy atom. The van der Waals surface area contributed by atoms with Gasteiger partial charge in [-0.2, -0.15) is 0 Å².